The summed E-state index contributed by atoms with van der Waals surface area (Å²) in [4.78, 5) is 21.0. The van der Waals surface area contributed by atoms with Gasteiger partial charge in [-0.3, -0.25) is 15.4 Å². The molecule has 0 heterocycles. The minimum absolute atomic E-state index is 0.185. The average Bonchev–Trinajstić information content (AvgIpc) is 2.35. The summed E-state index contributed by atoms with van der Waals surface area (Å²) in [6, 6.07) is 3.95. The molecule has 21 heavy (non-hydrogen) atoms. The van der Waals surface area contributed by atoms with E-state index in [-0.39, 0.29) is 16.8 Å². The van der Waals surface area contributed by atoms with Crippen LogP contribution < -0.4 is 5.32 Å². The zero-order valence-corrected chi connectivity index (χ0v) is 11.2. The molecular weight excluding hydrogens is 293 g/mol. The molecule has 0 aromatic heterocycles. The summed E-state index contributed by atoms with van der Waals surface area (Å²) in [5.74, 6) is -2.07. The molecule has 0 aliphatic rings. The van der Waals surface area contributed by atoms with Gasteiger partial charge in [0.25, 0.3) is 5.69 Å². The lowest BCUT2D eigenvalue weighted by molar-refractivity contribution is -0.385. The number of nitro groups is 1. The lowest BCUT2D eigenvalue weighted by Gasteiger charge is -2.29. The molecule has 0 fully saturated rings. The molecule has 0 aliphatic carbocycles. The zero-order chi connectivity index (χ0) is 16.4. The van der Waals surface area contributed by atoms with Gasteiger partial charge in [-0.25, -0.2) is 4.79 Å². The fraction of sp³-hybridized carbons (Fsp3) is 0.417. The van der Waals surface area contributed by atoms with Gasteiger partial charge < -0.3 is 5.11 Å². The third-order valence-electron chi connectivity index (χ3n) is 3.24. The Bertz CT molecular complexity index is 574. The number of carboxylic acids is 1. The predicted molar refractivity (Wildman–Crippen MR) is 66.8 cm³/mol. The van der Waals surface area contributed by atoms with E-state index in [2.05, 4.69) is 0 Å². The monoisotopic (exact) mass is 306 g/mol. The maximum Gasteiger partial charge on any atom is 0.417 e. The number of nitrogens with zero attached hydrogens (tertiary/aromatic N) is 1. The second-order valence-electron chi connectivity index (χ2n) is 4.60. The molecule has 0 radical (unpaired) electrons. The molecule has 1 atom stereocenters. The van der Waals surface area contributed by atoms with Gasteiger partial charge in [-0.15, -0.1) is 0 Å². The predicted octanol–water partition coefficient (Wildman–Crippen LogP) is 2.40. The van der Waals surface area contributed by atoms with E-state index in [1.54, 1.807) is 0 Å². The minimum Gasteiger partial charge on any atom is -0.480 e. The summed E-state index contributed by atoms with van der Waals surface area (Å²) in [7, 11) is 0. The van der Waals surface area contributed by atoms with Crippen molar-refractivity contribution < 1.29 is 28.0 Å². The van der Waals surface area contributed by atoms with Crippen molar-refractivity contribution in [1.82, 2.24) is 5.32 Å². The summed E-state index contributed by atoms with van der Waals surface area (Å²) in [5, 5.41) is 21.4. The van der Waals surface area contributed by atoms with Gasteiger partial charge >= 0.3 is 12.1 Å². The average molecular weight is 306 g/mol. The SMILES string of the molecule is Cc1c(CNC(C)(C(=O)O)C(F)(F)F)cccc1[N+](=O)[O-]. The first-order valence-electron chi connectivity index (χ1n) is 5.78. The van der Waals surface area contributed by atoms with E-state index in [0.717, 1.165) is 0 Å². The van der Waals surface area contributed by atoms with Crippen LogP contribution in [0.25, 0.3) is 0 Å². The van der Waals surface area contributed by atoms with Gasteiger partial charge in [0.05, 0.1) is 4.92 Å². The van der Waals surface area contributed by atoms with E-state index in [9.17, 15) is 28.1 Å². The van der Waals surface area contributed by atoms with Crippen molar-refractivity contribution >= 4 is 11.7 Å². The third kappa shape index (κ3) is 3.30. The molecule has 0 saturated heterocycles. The van der Waals surface area contributed by atoms with Gasteiger partial charge in [0.1, 0.15) is 0 Å². The topological polar surface area (TPSA) is 92.5 Å². The maximum absolute atomic E-state index is 12.8. The van der Waals surface area contributed by atoms with Crippen LogP contribution in [0.1, 0.15) is 18.1 Å². The largest absolute Gasteiger partial charge is 0.480 e. The zero-order valence-electron chi connectivity index (χ0n) is 11.2. The van der Waals surface area contributed by atoms with Gasteiger partial charge in [-0.1, -0.05) is 12.1 Å². The van der Waals surface area contributed by atoms with E-state index in [4.69, 9.17) is 5.11 Å². The number of carbonyl (C=O) groups is 1. The molecule has 116 valence electrons. The molecule has 1 aromatic carbocycles. The first kappa shape index (κ1) is 16.9. The molecule has 0 spiro atoms. The summed E-state index contributed by atoms with van der Waals surface area (Å²) >= 11 is 0. The summed E-state index contributed by atoms with van der Waals surface area (Å²) in [6.45, 7) is 1.43. The lowest BCUT2D eigenvalue weighted by atomic mass is 10.00. The Labute approximate surface area is 117 Å². The van der Waals surface area contributed by atoms with E-state index in [1.165, 1.54) is 25.1 Å². The third-order valence-corrected chi connectivity index (χ3v) is 3.24. The van der Waals surface area contributed by atoms with Crippen molar-refractivity contribution in [3.8, 4) is 0 Å². The minimum atomic E-state index is -5.01. The fourth-order valence-corrected chi connectivity index (χ4v) is 1.63. The van der Waals surface area contributed by atoms with Crippen molar-refractivity contribution in [3.05, 3.63) is 39.4 Å². The highest BCUT2D eigenvalue weighted by molar-refractivity contribution is 5.79. The van der Waals surface area contributed by atoms with Crippen LogP contribution in [-0.2, 0) is 11.3 Å². The standard InChI is InChI=1S/C12H13F3N2O4/c1-7-8(4-3-5-9(7)17(20)21)6-16-11(2,10(18)19)12(13,14)15/h3-5,16H,6H2,1-2H3,(H,18,19). The van der Waals surface area contributed by atoms with E-state index in [0.29, 0.717) is 6.92 Å². The molecule has 2 N–H and O–H groups in total. The summed E-state index contributed by atoms with van der Waals surface area (Å²) < 4.78 is 38.4. The number of carboxylic acid groups (broad SMARTS) is 1. The molecule has 0 amide bonds. The Morgan fingerprint density at radius 3 is 2.43 bits per heavy atom. The summed E-state index contributed by atoms with van der Waals surface area (Å²) in [6.07, 6.45) is -5.01. The van der Waals surface area contributed by atoms with Gasteiger partial charge in [0.2, 0.25) is 5.54 Å². The number of hydrogen-bond acceptors (Lipinski definition) is 4. The Balaban J connectivity index is 3.05. The molecular formula is C12H13F3N2O4. The number of aliphatic carboxylic acids is 1. The number of nitro benzene ring substituents is 1. The quantitative estimate of drug-likeness (QED) is 0.643. The number of benzene rings is 1. The highest BCUT2D eigenvalue weighted by atomic mass is 19.4. The van der Waals surface area contributed by atoms with Gasteiger partial charge in [0.15, 0.2) is 0 Å². The fourth-order valence-electron chi connectivity index (χ4n) is 1.63. The highest BCUT2D eigenvalue weighted by Gasteiger charge is 2.57. The molecule has 1 aromatic rings. The maximum atomic E-state index is 12.8. The van der Waals surface area contributed by atoms with Crippen LogP contribution in [0.15, 0.2) is 18.2 Å². The van der Waals surface area contributed by atoms with Crippen molar-refractivity contribution in [1.29, 1.82) is 0 Å². The van der Waals surface area contributed by atoms with Crippen LogP contribution in [-0.4, -0.2) is 27.7 Å². The van der Waals surface area contributed by atoms with E-state index < -0.39 is 29.2 Å². The van der Waals surface area contributed by atoms with Gasteiger partial charge in [0, 0.05) is 18.2 Å². The van der Waals surface area contributed by atoms with Crippen molar-refractivity contribution in [2.75, 3.05) is 0 Å². The molecule has 6 nitrogen and oxygen atoms in total. The smallest absolute Gasteiger partial charge is 0.417 e. The van der Waals surface area contributed by atoms with Crippen LogP contribution in [0.5, 0.6) is 0 Å². The van der Waals surface area contributed by atoms with Crippen LogP contribution in [0.3, 0.4) is 0 Å². The van der Waals surface area contributed by atoms with Crippen molar-refractivity contribution in [2.24, 2.45) is 0 Å². The number of nitrogens with one attached hydrogen (secondary N) is 1. The second-order valence-corrected chi connectivity index (χ2v) is 4.60. The molecule has 1 unspecified atom stereocenters. The molecule has 0 bridgehead atoms. The van der Waals surface area contributed by atoms with Crippen LogP contribution in [0.2, 0.25) is 0 Å². The molecule has 1 rings (SSSR count). The number of hydrogen-bond donors (Lipinski definition) is 2. The number of halogens is 3. The Kier molecular flexibility index (Phi) is 4.57. The molecule has 0 aliphatic heterocycles. The van der Waals surface area contributed by atoms with Crippen molar-refractivity contribution in [3.63, 3.8) is 0 Å². The van der Waals surface area contributed by atoms with Crippen LogP contribution in [0, 0.1) is 17.0 Å². The Morgan fingerprint density at radius 2 is 2.00 bits per heavy atom. The highest BCUT2D eigenvalue weighted by Crippen LogP contribution is 2.31. The molecule has 9 heteroatoms. The molecule has 0 saturated carbocycles. The van der Waals surface area contributed by atoms with Gasteiger partial charge in [-0.05, 0) is 19.4 Å². The Morgan fingerprint density at radius 1 is 1.43 bits per heavy atom. The van der Waals surface area contributed by atoms with Gasteiger partial charge in [-0.2, -0.15) is 13.2 Å². The van der Waals surface area contributed by atoms with Crippen LogP contribution in [0.4, 0.5) is 18.9 Å². The first-order chi connectivity index (χ1) is 9.50. The normalized spacial score (nSPS) is 14.5. The first-order valence-corrected chi connectivity index (χ1v) is 5.78. The van der Waals surface area contributed by atoms with E-state index in [1.807, 2.05) is 5.32 Å². The van der Waals surface area contributed by atoms with Crippen molar-refractivity contribution in [2.45, 2.75) is 32.1 Å². The Hall–Kier alpha value is -2.16. The lowest BCUT2D eigenvalue weighted by Crippen LogP contribution is -2.59. The summed E-state index contributed by atoms with van der Waals surface area (Å²) in [5.41, 5.74) is -2.96. The number of alkyl halides is 3. The van der Waals surface area contributed by atoms with E-state index >= 15 is 0 Å². The van der Waals surface area contributed by atoms with Crippen LogP contribution >= 0.6 is 0 Å². The number of rotatable bonds is 5. The second kappa shape index (κ2) is 5.68.